The van der Waals surface area contributed by atoms with E-state index >= 15 is 0 Å². The van der Waals surface area contributed by atoms with E-state index in [-0.39, 0.29) is 47.0 Å². The van der Waals surface area contributed by atoms with Crippen molar-refractivity contribution >= 4 is 11.6 Å². The standard InChI is InChI=1S/C30H22O10/c31-15-5-1-13(2-6-15)21-9-17(33)25-23(39-21)11-19(35)27(29(25)37)28-20(36)12-24-26(30(28)38)18(34)10-22(40-24)14-3-7-16(32)8-4-14/h1-8,11-12,21-22,31-32,35-38H,9-10H2. The Morgan fingerprint density at radius 3 is 1.23 bits per heavy atom. The summed E-state index contributed by atoms with van der Waals surface area (Å²) in [5.74, 6) is -3.90. The average Bonchev–Trinajstić information content (AvgIpc) is 2.90. The zero-order valence-electron chi connectivity index (χ0n) is 20.7. The minimum Gasteiger partial charge on any atom is -0.508 e. The molecule has 0 bridgehead atoms. The molecule has 0 fully saturated rings. The molecule has 40 heavy (non-hydrogen) atoms. The minimum absolute atomic E-state index is 0.0376. The van der Waals surface area contributed by atoms with E-state index in [1.807, 2.05) is 0 Å². The molecule has 0 spiro atoms. The van der Waals surface area contributed by atoms with Crippen molar-refractivity contribution in [3.8, 4) is 57.1 Å². The monoisotopic (exact) mass is 542 g/mol. The molecule has 0 saturated carbocycles. The maximum absolute atomic E-state index is 13.1. The fourth-order valence-electron chi connectivity index (χ4n) is 5.16. The van der Waals surface area contributed by atoms with E-state index < -0.39 is 57.9 Å². The van der Waals surface area contributed by atoms with Crippen LogP contribution in [-0.2, 0) is 0 Å². The SMILES string of the molecule is O=C1CC(c2ccc(O)cc2)Oc2cc(O)c(-c3c(O)cc4c(c3O)C(=O)CC(c3ccc(O)cc3)O4)c(O)c21. The molecule has 2 atom stereocenters. The summed E-state index contributed by atoms with van der Waals surface area (Å²) in [6, 6.07) is 14.3. The van der Waals surface area contributed by atoms with E-state index in [2.05, 4.69) is 0 Å². The zero-order valence-corrected chi connectivity index (χ0v) is 20.7. The maximum atomic E-state index is 13.1. The third-order valence-corrected chi connectivity index (χ3v) is 7.11. The first-order valence-corrected chi connectivity index (χ1v) is 12.3. The first-order valence-electron chi connectivity index (χ1n) is 12.3. The summed E-state index contributed by atoms with van der Waals surface area (Å²) in [4.78, 5) is 26.2. The van der Waals surface area contributed by atoms with Crippen LogP contribution in [0.15, 0.2) is 60.7 Å². The number of benzene rings is 4. The summed E-state index contributed by atoms with van der Waals surface area (Å²) >= 11 is 0. The number of rotatable bonds is 3. The Labute approximate surface area is 226 Å². The fraction of sp³-hybridized carbons (Fsp3) is 0.133. The van der Waals surface area contributed by atoms with Crippen LogP contribution in [0.5, 0.6) is 46.0 Å². The number of aromatic hydroxyl groups is 6. The van der Waals surface area contributed by atoms with Gasteiger partial charge in [-0.05, 0) is 35.4 Å². The number of hydrogen-bond donors (Lipinski definition) is 6. The van der Waals surface area contributed by atoms with Gasteiger partial charge in [-0.25, -0.2) is 0 Å². The largest absolute Gasteiger partial charge is 0.508 e. The van der Waals surface area contributed by atoms with Gasteiger partial charge in [-0.15, -0.1) is 0 Å². The summed E-state index contributed by atoms with van der Waals surface area (Å²) < 4.78 is 11.7. The van der Waals surface area contributed by atoms with Crippen molar-refractivity contribution in [2.24, 2.45) is 0 Å². The van der Waals surface area contributed by atoms with Crippen molar-refractivity contribution < 1.29 is 49.7 Å². The van der Waals surface area contributed by atoms with Crippen LogP contribution in [0.1, 0.15) is 56.9 Å². The Morgan fingerprint density at radius 2 is 0.875 bits per heavy atom. The van der Waals surface area contributed by atoms with Gasteiger partial charge >= 0.3 is 0 Å². The molecule has 0 amide bonds. The number of carbonyl (C=O) groups is 2. The molecule has 4 aromatic rings. The molecule has 6 N–H and O–H groups in total. The van der Waals surface area contributed by atoms with Crippen LogP contribution < -0.4 is 9.47 Å². The molecular formula is C30H22O10. The lowest BCUT2D eigenvalue weighted by molar-refractivity contribution is 0.0834. The maximum Gasteiger partial charge on any atom is 0.174 e. The highest BCUT2D eigenvalue weighted by Gasteiger charge is 2.37. The topological polar surface area (TPSA) is 174 Å². The summed E-state index contributed by atoms with van der Waals surface area (Å²) in [6.07, 6.45) is -1.81. The van der Waals surface area contributed by atoms with Gasteiger partial charge in [0.2, 0.25) is 0 Å². The third-order valence-electron chi connectivity index (χ3n) is 7.11. The predicted octanol–water partition coefficient (Wildman–Crippen LogP) is 5.00. The van der Waals surface area contributed by atoms with Gasteiger partial charge in [0.25, 0.3) is 0 Å². The van der Waals surface area contributed by atoms with Crippen LogP contribution in [0.4, 0.5) is 0 Å². The summed E-state index contributed by atoms with van der Waals surface area (Å²) in [5, 5.41) is 63.0. The van der Waals surface area contributed by atoms with Crippen molar-refractivity contribution in [2.75, 3.05) is 0 Å². The number of ketones is 2. The van der Waals surface area contributed by atoms with Gasteiger partial charge < -0.3 is 40.1 Å². The van der Waals surface area contributed by atoms with Crippen LogP contribution in [0, 0.1) is 0 Å². The number of phenolic OH excluding ortho intramolecular Hbond substituents is 6. The predicted molar refractivity (Wildman–Crippen MR) is 139 cm³/mol. The Kier molecular flexibility index (Phi) is 5.69. The lowest BCUT2D eigenvalue weighted by Crippen LogP contribution is -2.21. The van der Waals surface area contributed by atoms with Crippen LogP contribution in [0.3, 0.4) is 0 Å². The van der Waals surface area contributed by atoms with Gasteiger partial charge in [0.05, 0.1) is 24.0 Å². The molecule has 0 radical (unpaired) electrons. The van der Waals surface area contributed by atoms with Crippen LogP contribution >= 0.6 is 0 Å². The van der Waals surface area contributed by atoms with Crippen LogP contribution in [0.25, 0.3) is 11.1 Å². The van der Waals surface area contributed by atoms with Gasteiger partial charge in [-0.3, -0.25) is 9.59 Å². The molecule has 6 rings (SSSR count). The highest BCUT2D eigenvalue weighted by atomic mass is 16.5. The van der Waals surface area contributed by atoms with Gasteiger partial charge in [0, 0.05) is 12.1 Å². The molecule has 10 heteroatoms. The minimum atomic E-state index is -0.743. The number of carbonyl (C=O) groups excluding carboxylic acids is 2. The second-order valence-electron chi connectivity index (χ2n) is 9.64. The lowest BCUT2D eigenvalue weighted by Gasteiger charge is -2.29. The number of fused-ring (bicyclic) bond motifs is 2. The van der Waals surface area contributed by atoms with E-state index in [1.165, 1.54) is 24.3 Å². The molecule has 10 nitrogen and oxygen atoms in total. The molecule has 202 valence electrons. The number of Topliss-reactive ketones (excluding diaryl/α,β-unsaturated/α-hetero) is 2. The highest BCUT2D eigenvalue weighted by Crippen LogP contribution is 2.55. The Hall–Kier alpha value is -5.38. The molecule has 4 aromatic carbocycles. The van der Waals surface area contributed by atoms with E-state index in [1.54, 1.807) is 24.3 Å². The smallest absolute Gasteiger partial charge is 0.174 e. The van der Waals surface area contributed by atoms with E-state index in [4.69, 9.17) is 9.47 Å². The summed E-state index contributed by atoms with van der Waals surface area (Å²) in [5.41, 5.74) is -0.235. The highest BCUT2D eigenvalue weighted by molar-refractivity contribution is 6.09. The molecule has 2 heterocycles. The first kappa shape index (κ1) is 24.9. The quantitative estimate of drug-likeness (QED) is 0.207. The first-order chi connectivity index (χ1) is 19.1. The molecule has 0 aromatic heterocycles. The van der Waals surface area contributed by atoms with Crippen molar-refractivity contribution in [3.63, 3.8) is 0 Å². The molecule has 0 aliphatic carbocycles. The number of hydrogen-bond acceptors (Lipinski definition) is 10. The molecule has 0 saturated heterocycles. The van der Waals surface area contributed by atoms with Gasteiger partial charge in [0.1, 0.15) is 69.3 Å². The van der Waals surface area contributed by atoms with E-state index in [0.29, 0.717) is 11.1 Å². The Balaban J connectivity index is 1.41. The van der Waals surface area contributed by atoms with E-state index in [0.717, 1.165) is 12.1 Å². The van der Waals surface area contributed by atoms with E-state index in [9.17, 15) is 40.2 Å². The van der Waals surface area contributed by atoms with Gasteiger partial charge in [-0.1, -0.05) is 24.3 Å². The fourth-order valence-corrected chi connectivity index (χ4v) is 5.16. The van der Waals surface area contributed by atoms with Crippen molar-refractivity contribution in [2.45, 2.75) is 25.0 Å². The normalized spacial score (nSPS) is 17.9. The molecular weight excluding hydrogens is 520 g/mol. The third kappa shape index (κ3) is 3.97. The zero-order chi connectivity index (χ0) is 28.3. The van der Waals surface area contributed by atoms with Gasteiger partial charge in [0.15, 0.2) is 11.6 Å². The average molecular weight is 542 g/mol. The van der Waals surface area contributed by atoms with Crippen molar-refractivity contribution in [3.05, 3.63) is 82.9 Å². The second-order valence-corrected chi connectivity index (χ2v) is 9.64. The molecule has 2 aliphatic rings. The lowest BCUT2D eigenvalue weighted by atomic mass is 9.88. The summed E-state index contributed by atoms with van der Waals surface area (Å²) in [6.45, 7) is 0. The van der Waals surface area contributed by atoms with Gasteiger partial charge in [-0.2, -0.15) is 0 Å². The van der Waals surface area contributed by atoms with Crippen LogP contribution in [0.2, 0.25) is 0 Å². The second kappa shape index (κ2) is 9.12. The summed E-state index contributed by atoms with van der Waals surface area (Å²) in [7, 11) is 0. The number of phenols is 6. The molecule has 2 unspecified atom stereocenters. The molecule has 2 aliphatic heterocycles. The number of ether oxygens (including phenoxy) is 2. The van der Waals surface area contributed by atoms with Crippen LogP contribution in [-0.4, -0.2) is 42.2 Å². The Morgan fingerprint density at radius 1 is 0.525 bits per heavy atom. The Bertz CT molecular complexity index is 1560. The van der Waals surface area contributed by atoms with Crippen molar-refractivity contribution in [1.82, 2.24) is 0 Å². The van der Waals surface area contributed by atoms with Crippen molar-refractivity contribution in [1.29, 1.82) is 0 Å².